The number of aryl methyl sites for hydroxylation is 1. The minimum absolute atomic E-state index is 0.419. The Balaban J connectivity index is 2.15. The van der Waals surface area contributed by atoms with Crippen LogP contribution in [0, 0.1) is 0 Å². The minimum atomic E-state index is -0.422. The maximum atomic E-state index is 9.66. The van der Waals surface area contributed by atoms with Gasteiger partial charge in [0.2, 0.25) is 6.33 Å². The van der Waals surface area contributed by atoms with E-state index in [0.717, 1.165) is 19.4 Å². The Bertz CT molecular complexity index is 273. The second-order valence-corrected chi connectivity index (χ2v) is 3.86. The molecule has 0 aliphatic heterocycles. The van der Waals surface area contributed by atoms with Gasteiger partial charge >= 0.3 is 0 Å². The van der Waals surface area contributed by atoms with Gasteiger partial charge < -0.3 is 9.84 Å². The van der Waals surface area contributed by atoms with Crippen molar-refractivity contribution in [3.05, 3.63) is 18.7 Å². The van der Waals surface area contributed by atoms with Crippen LogP contribution in [0.3, 0.4) is 0 Å². The Morgan fingerprint density at radius 3 is 2.93 bits per heavy atom. The van der Waals surface area contributed by atoms with Crippen molar-refractivity contribution in [2.24, 2.45) is 7.05 Å². The molecular formula is C11H21N2O2+. The van der Waals surface area contributed by atoms with Crippen molar-refractivity contribution in [1.82, 2.24) is 4.57 Å². The smallest absolute Gasteiger partial charge is 0.243 e. The highest BCUT2D eigenvalue weighted by atomic mass is 16.5. The summed E-state index contributed by atoms with van der Waals surface area (Å²) in [6.07, 6.45) is 7.60. The Morgan fingerprint density at radius 1 is 1.53 bits per heavy atom. The van der Waals surface area contributed by atoms with E-state index in [1.807, 2.05) is 34.9 Å². The number of imidazole rings is 1. The van der Waals surface area contributed by atoms with E-state index in [1.54, 1.807) is 0 Å². The first kappa shape index (κ1) is 12.2. The number of rotatable bonds is 7. The largest absolute Gasteiger partial charge is 0.387 e. The van der Waals surface area contributed by atoms with E-state index in [2.05, 4.69) is 6.92 Å². The van der Waals surface area contributed by atoms with Crippen molar-refractivity contribution in [2.45, 2.75) is 32.4 Å². The quantitative estimate of drug-likeness (QED) is 0.529. The highest BCUT2D eigenvalue weighted by Crippen LogP contribution is 1.94. The van der Waals surface area contributed by atoms with E-state index < -0.39 is 6.10 Å². The Hall–Kier alpha value is -0.870. The normalized spacial score (nSPS) is 13.0. The number of hydrogen-bond donors (Lipinski definition) is 1. The zero-order valence-corrected chi connectivity index (χ0v) is 9.59. The molecule has 15 heavy (non-hydrogen) atoms. The van der Waals surface area contributed by atoms with Gasteiger partial charge in [-0.05, 0) is 6.42 Å². The molecule has 0 spiro atoms. The lowest BCUT2D eigenvalue weighted by Gasteiger charge is -2.08. The van der Waals surface area contributed by atoms with Crippen LogP contribution in [0.5, 0.6) is 0 Å². The van der Waals surface area contributed by atoms with Crippen molar-refractivity contribution < 1.29 is 14.4 Å². The van der Waals surface area contributed by atoms with E-state index in [4.69, 9.17) is 4.74 Å². The first-order valence-electron chi connectivity index (χ1n) is 5.49. The molecule has 1 aromatic heterocycles. The summed E-state index contributed by atoms with van der Waals surface area (Å²) in [4.78, 5) is 0. The van der Waals surface area contributed by atoms with Crippen LogP contribution in [0.2, 0.25) is 0 Å². The lowest BCUT2D eigenvalue weighted by atomic mass is 10.3. The zero-order chi connectivity index (χ0) is 11.1. The molecule has 0 bridgehead atoms. The first-order valence-corrected chi connectivity index (χ1v) is 5.49. The standard InChI is InChI=1S/C11H21N2O2/c1-3-4-7-15-9-11(14)8-13-6-5-12(2)10-13/h5-6,10-11,14H,3-4,7-9H2,1-2H3/q+1. The molecule has 1 atom stereocenters. The first-order chi connectivity index (χ1) is 7.22. The zero-order valence-electron chi connectivity index (χ0n) is 9.59. The molecule has 0 fully saturated rings. The third kappa shape index (κ3) is 4.95. The molecular weight excluding hydrogens is 192 g/mol. The highest BCUT2D eigenvalue weighted by molar-refractivity contribution is 4.68. The van der Waals surface area contributed by atoms with E-state index in [-0.39, 0.29) is 0 Å². The molecule has 0 aliphatic carbocycles. The number of hydrogen-bond acceptors (Lipinski definition) is 2. The summed E-state index contributed by atoms with van der Waals surface area (Å²) in [5, 5.41) is 9.66. The van der Waals surface area contributed by atoms with Crippen LogP contribution >= 0.6 is 0 Å². The van der Waals surface area contributed by atoms with Crippen LogP contribution in [0.1, 0.15) is 19.8 Å². The summed E-state index contributed by atoms with van der Waals surface area (Å²) in [6.45, 7) is 3.88. The third-order valence-electron chi connectivity index (χ3n) is 2.20. The summed E-state index contributed by atoms with van der Waals surface area (Å²) >= 11 is 0. The van der Waals surface area contributed by atoms with Gasteiger partial charge in [0.15, 0.2) is 0 Å². The van der Waals surface area contributed by atoms with Crippen LogP contribution in [-0.2, 0) is 18.3 Å². The van der Waals surface area contributed by atoms with Crippen LogP contribution < -0.4 is 4.57 Å². The summed E-state index contributed by atoms with van der Waals surface area (Å²) in [5.74, 6) is 0. The minimum Gasteiger partial charge on any atom is -0.387 e. The topological polar surface area (TPSA) is 38.3 Å². The van der Waals surface area contributed by atoms with E-state index in [0.29, 0.717) is 13.2 Å². The molecule has 1 rings (SSSR count). The molecule has 1 N–H and O–H groups in total. The van der Waals surface area contributed by atoms with Gasteiger partial charge in [0.1, 0.15) is 25.0 Å². The number of unbranched alkanes of at least 4 members (excludes halogenated alkanes) is 1. The van der Waals surface area contributed by atoms with Gasteiger partial charge in [0, 0.05) is 6.61 Å². The molecule has 1 aromatic rings. The average molecular weight is 213 g/mol. The van der Waals surface area contributed by atoms with Crippen molar-refractivity contribution in [1.29, 1.82) is 0 Å². The lowest BCUT2D eigenvalue weighted by Crippen LogP contribution is -2.26. The fraction of sp³-hybridized carbons (Fsp3) is 0.727. The van der Waals surface area contributed by atoms with Gasteiger partial charge in [-0.15, -0.1) is 0 Å². The Morgan fingerprint density at radius 2 is 2.33 bits per heavy atom. The van der Waals surface area contributed by atoms with E-state index >= 15 is 0 Å². The highest BCUT2D eigenvalue weighted by Gasteiger charge is 2.09. The summed E-state index contributed by atoms with van der Waals surface area (Å²) in [5.41, 5.74) is 0. The number of nitrogens with zero attached hydrogens (tertiary/aromatic N) is 2. The summed E-state index contributed by atoms with van der Waals surface area (Å²) < 4.78 is 9.25. The predicted octanol–water partition coefficient (Wildman–Crippen LogP) is 0.490. The predicted molar refractivity (Wildman–Crippen MR) is 57.3 cm³/mol. The SMILES string of the molecule is CCCCOCC(O)Cn1cc[n+](C)c1. The fourth-order valence-corrected chi connectivity index (χ4v) is 1.37. The maximum absolute atomic E-state index is 9.66. The number of aliphatic hydroxyl groups excluding tert-OH is 1. The molecule has 0 radical (unpaired) electrons. The molecule has 0 saturated heterocycles. The molecule has 1 heterocycles. The molecule has 0 amide bonds. The number of ether oxygens (including phenoxy) is 1. The van der Waals surface area contributed by atoms with E-state index in [9.17, 15) is 5.11 Å². The van der Waals surface area contributed by atoms with Crippen molar-refractivity contribution in [2.75, 3.05) is 13.2 Å². The van der Waals surface area contributed by atoms with Crippen LogP contribution in [0.25, 0.3) is 0 Å². The van der Waals surface area contributed by atoms with Crippen molar-refractivity contribution in [3.63, 3.8) is 0 Å². The second-order valence-electron chi connectivity index (χ2n) is 3.86. The summed E-state index contributed by atoms with van der Waals surface area (Å²) in [6, 6.07) is 0. The maximum Gasteiger partial charge on any atom is 0.243 e. The lowest BCUT2D eigenvalue weighted by molar-refractivity contribution is -0.671. The van der Waals surface area contributed by atoms with E-state index in [1.165, 1.54) is 0 Å². The molecule has 0 aliphatic rings. The molecule has 0 aromatic carbocycles. The molecule has 86 valence electrons. The number of aliphatic hydroxyl groups is 1. The van der Waals surface area contributed by atoms with Crippen LogP contribution in [0.4, 0.5) is 0 Å². The molecule has 4 nitrogen and oxygen atoms in total. The third-order valence-corrected chi connectivity index (χ3v) is 2.20. The summed E-state index contributed by atoms with van der Waals surface area (Å²) in [7, 11) is 1.96. The monoisotopic (exact) mass is 213 g/mol. The van der Waals surface area contributed by atoms with Crippen molar-refractivity contribution >= 4 is 0 Å². The molecule has 0 saturated carbocycles. The van der Waals surface area contributed by atoms with Gasteiger partial charge in [-0.25, -0.2) is 9.13 Å². The fourth-order valence-electron chi connectivity index (χ4n) is 1.37. The molecule has 4 heteroatoms. The Labute approximate surface area is 91.1 Å². The van der Waals surface area contributed by atoms with Crippen LogP contribution in [0.15, 0.2) is 18.7 Å². The number of aromatic nitrogens is 2. The van der Waals surface area contributed by atoms with Crippen molar-refractivity contribution in [3.8, 4) is 0 Å². The average Bonchev–Trinajstić information content (AvgIpc) is 2.59. The van der Waals surface area contributed by atoms with Gasteiger partial charge in [0.25, 0.3) is 0 Å². The Kier molecular flexibility index (Phi) is 5.36. The van der Waals surface area contributed by atoms with Gasteiger partial charge in [-0.1, -0.05) is 13.3 Å². The van der Waals surface area contributed by atoms with Gasteiger partial charge in [-0.2, -0.15) is 0 Å². The molecule has 1 unspecified atom stereocenters. The van der Waals surface area contributed by atoms with Crippen LogP contribution in [-0.4, -0.2) is 29.0 Å². The van der Waals surface area contributed by atoms with Gasteiger partial charge in [0.05, 0.1) is 13.7 Å². The second kappa shape index (κ2) is 6.58. The van der Waals surface area contributed by atoms with Gasteiger partial charge in [-0.3, -0.25) is 0 Å².